The Labute approximate surface area is 211 Å². The fraction of sp³-hybridized carbons (Fsp3) is 0.593. The van der Waals surface area contributed by atoms with Gasteiger partial charge in [-0.05, 0) is 70.6 Å². The van der Waals surface area contributed by atoms with E-state index in [0.717, 1.165) is 60.7 Å². The van der Waals surface area contributed by atoms with Gasteiger partial charge in [0, 0.05) is 56.0 Å². The molecule has 194 valence electrons. The van der Waals surface area contributed by atoms with Crippen LogP contribution in [0.25, 0.3) is 22.0 Å². The monoisotopic (exact) mass is 496 g/mol. The van der Waals surface area contributed by atoms with Crippen molar-refractivity contribution in [2.24, 2.45) is 7.05 Å². The molecule has 0 radical (unpaired) electrons. The zero-order valence-electron chi connectivity index (χ0n) is 21.7. The number of nitrogens with one attached hydrogen (secondary N) is 1. The number of aromatic nitrogens is 4. The Morgan fingerprint density at radius 2 is 2.08 bits per heavy atom. The molecule has 2 fully saturated rings. The summed E-state index contributed by atoms with van der Waals surface area (Å²) in [5, 5.41) is 13.1. The molecule has 8 nitrogen and oxygen atoms in total. The van der Waals surface area contributed by atoms with Crippen molar-refractivity contribution in [2.75, 3.05) is 19.7 Å². The van der Waals surface area contributed by atoms with E-state index in [1.165, 1.54) is 0 Å². The Hall–Kier alpha value is -2.78. The summed E-state index contributed by atoms with van der Waals surface area (Å²) in [6.45, 7) is 7.20. The lowest BCUT2D eigenvalue weighted by Crippen LogP contribution is -2.51. The number of amides is 1. The van der Waals surface area contributed by atoms with Gasteiger partial charge in [0.15, 0.2) is 11.9 Å². The Bertz CT molecular complexity index is 1220. The molecule has 1 unspecified atom stereocenters. The summed E-state index contributed by atoms with van der Waals surface area (Å²) in [5.74, 6) is -0.172. The minimum atomic E-state index is -1.23. The Morgan fingerprint density at radius 1 is 1.25 bits per heavy atom. The van der Waals surface area contributed by atoms with Crippen LogP contribution in [-0.2, 0) is 11.8 Å². The molecule has 5 rings (SSSR count). The molecule has 3 aromatic rings. The summed E-state index contributed by atoms with van der Waals surface area (Å²) in [7, 11) is 1.89. The van der Waals surface area contributed by atoms with Crippen molar-refractivity contribution in [3.05, 3.63) is 36.3 Å². The quantitative estimate of drug-likeness (QED) is 0.545. The lowest BCUT2D eigenvalue weighted by Gasteiger charge is -2.39. The third kappa shape index (κ3) is 5.32. The van der Waals surface area contributed by atoms with Crippen LogP contribution < -0.4 is 5.32 Å². The summed E-state index contributed by atoms with van der Waals surface area (Å²) in [5.41, 5.74) is 2.07. The van der Waals surface area contributed by atoms with E-state index in [2.05, 4.69) is 22.2 Å². The Morgan fingerprint density at radius 3 is 2.75 bits per heavy atom. The summed E-state index contributed by atoms with van der Waals surface area (Å²) in [6, 6.07) is 6.33. The predicted molar refractivity (Wildman–Crippen MR) is 137 cm³/mol. The molecule has 0 saturated carbocycles. The standard InChI is InChI=1S/C27H37FN6O2/c1-18-13-21(10-11-33(18)17-27(2,3)28)30-26(35)25-22-14-19(20-15-29-32(4)16-20)8-9-23(22)34(31-25)24-7-5-6-12-36-24/h8-9,14-16,18,21,24H,5-7,10-13,17H2,1-4H3,(H,30,35)/t18-,21+,24?/m0/s1. The number of rotatable bonds is 6. The normalized spacial score (nSPS) is 23.8. The average molecular weight is 497 g/mol. The molecule has 4 heterocycles. The van der Waals surface area contributed by atoms with Crippen molar-refractivity contribution in [3.8, 4) is 11.1 Å². The third-order valence-electron chi connectivity index (χ3n) is 7.32. The maximum absolute atomic E-state index is 14.2. The molecule has 1 N–H and O–H groups in total. The number of carbonyl (C=O) groups excluding carboxylic acids is 1. The smallest absolute Gasteiger partial charge is 0.272 e. The van der Waals surface area contributed by atoms with E-state index in [4.69, 9.17) is 9.84 Å². The number of alkyl halides is 1. The fourth-order valence-corrected chi connectivity index (χ4v) is 5.52. The van der Waals surface area contributed by atoms with Gasteiger partial charge in [0.2, 0.25) is 0 Å². The highest BCUT2D eigenvalue weighted by Crippen LogP contribution is 2.31. The van der Waals surface area contributed by atoms with Crippen LogP contribution >= 0.6 is 0 Å². The van der Waals surface area contributed by atoms with Crippen molar-refractivity contribution in [3.63, 3.8) is 0 Å². The number of piperidine rings is 1. The molecule has 36 heavy (non-hydrogen) atoms. The number of hydrogen-bond donors (Lipinski definition) is 1. The van der Waals surface area contributed by atoms with Gasteiger partial charge in [0.1, 0.15) is 5.67 Å². The number of halogens is 1. The minimum absolute atomic E-state index is 0.0270. The first-order valence-corrected chi connectivity index (χ1v) is 13.0. The van der Waals surface area contributed by atoms with Gasteiger partial charge < -0.3 is 10.1 Å². The van der Waals surface area contributed by atoms with E-state index in [0.29, 0.717) is 18.8 Å². The van der Waals surface area contributed by atoms with Gasteiger partial charge in [-0.25, -0.2) is 9.07 Å². The molecule has 1 aromatic carbocycles. The number of ether oxygens (including phenoxy) is 1. The number of carbonyl (C=O) groups is 1. The van der Waals surface area contributed by atoms with Gasteiger partial charge in [0.25, 0.3) is 5.91 Å². The minimum Gasteiger partial charge on any atom is -0.356 e. The highest BCUT2D eigenvalue weighted by Gasteiger charge is 2.32. The van der Waals surface area contributed by atoms with Crippen molar-refractivity contribution in [1.82, 2.24) is 29.8 Å². The molecule has 1 amide bonds. The van der Waals surface area contributed by atoms with Crippen molar-refractivity contribution < 1.29 is 13.9 Å². The van der Waals surface area contributed by atoms with E-state index in [1.54, 1.807) is 18.5 Å². The zero-order valence-corrected chi connectivity index (χ0v) is 21.7. The number of benzene rings is 1. The number of fused-ring (bicyclic) bond motifs is 1. The van der Waals surface area contributed by atoms with Crippen LogP contribution in [0, 0.1) is 0 Å². The Balaban J connectivity index is 1.41. The second kappa shape index (κ2) is 9.94. The first-order valence-electron chi connectivity index (χ1n) is 13.0. The number of nitrogens with zero attached hydrogens (tertiary/aromatic N) is 5. The number of likely N-dealkylation sites (tertiary alicyclic amines) is 1. The first-order chi connectivity index (χ1) is 17.2. The topological polar surface area (TPSA) is 77.2 Å². The average Bonchev–Trinajstić information content (AvgIpc) is 3.44. The van der Waals surface area contributed by atoms with Crippen molar-refractivity contribution >= 4 is 16.8 Å². The molecule has 0 spiro atoms. The van der Waals surface area contributed by atoms with Gasteiger partial charge in [-0.1, -0.05) is 6.07 Å². The van der Waals surface area contributed by atoms with Gasteiger partial charge in [-0.15, -0.1) is 0 Å². The van der Waals surface area contributed by atoms with Crippen molar-refractivity contribution in [2.45, 2.75) is 76.9 Å². The van der Waals surface area contributed by atoms with Crippen LogP contribution in [0.3, 0.4) is 0 Å². The van der Waals surface area contributed by atoms with E-state index in [-0.39, 0.29) is 24.2 Å². The van der Waals surface area contributed by atoms with Gasteiger partial charge in [0.05, 0.1) is 11.7 Å². The Kier molecular flexibility index (Phi) is 6.87. The highest BCUT2D eigenvalue weighted by molar-refractivity contribution is 6.06. The van der Waals surface area contributed by atoms with Crippen LogP contribution in [0.5, 0.6) is 0 Å². The summed E-state index contributed by atoms with van der Waals surface area (Å²) < 4.78 is 23.9. The van der Waals surface area contributed by atoms with Crippen LogP contribution in [0.4, 0.5) is 4.39 Å². The molecule has 0 aliphatic carbocycles. The van der Waals surface area contributed by atoms with Gasteiger partial charge in [-0.3, -0.25) is 14.4 Å². The second-order valence-corrected chi connectivity index (χ2v) is 11.0. The molecule has 2 aliphatic rings. The van der Waals surface area contributed by atoms with E-state index < -0.39 is 5.67 Å². The molecule has 2 aromatic heterocycles. The summed E-state index contributed by atoms with van der Waals surface area (Å²) in [4.78, 5) is 15.7. The molecule has 9 heteroatoms. The van der Waals surface area contributed by atoms with E-state index in [1.807, 2.05) is 42.3 Å². The molecule has 3 atom stereocenters. The molecule has 2 aliphatic heterocycles. The molecule has 0 bridgehead atoms. The SMILES string of the molecule is C[C@H]1C[C@H](NC(=O)c2nn(C3CCCCO3)c3ccc(-c4cnn(C)c4)cc23)CCN1CC(C)(C)F. The second-order valence-electron chi connectivity index (χ2n) is 11.0. The van der Waals surface area contributed by atoms with Gasteiger partial charge >= 0.3 is 0 Å². The largest absolute Gasteiger partial charge is 0.356 e. The number of hydrogen-bond acceptors (Lipinski definition) is 5. The zero-order chi connectivity index (χ0) is 25.4. The maximum atomic E-state index is 14.2. The molecular formula is C27H37FN6O2. The summed E-state index contributed by atoms with van der Waals surface area (Å²) >= 11 is 0. The van der Waals surface area contributed by atoms with Crippen LogP contribution in [0.2, 0.25) is 0 Å². The van der Waals surface area contributed by atoms with Crippen LogP contribution in [0.15, 0.2) is 30.6 Å². The summed E-state index contributed by atoms with van der Waals surface area (Å²) in [6.07, 6.45) is 8.19. The highest BCUT2D eigenvalue weighted by atomic mass is 19.1. The lowest BCUT2D eigenvalue weighted by molar-refractivity contribution is -0.0368. The van der Waals surface area contributed by atoms with Crippen LogP contribution in [0.1, 0.15) is 69.6 Å². The van der Waals surface area contributed by atoms with E-state index >= 15 is 0 Å². The maximum Gasteiger partial charge on any atom is 0.272 e. The molecule has 2 saturated heterocycles. The lowest BCUT2D eigenvalue weighted by atomic mass is 9.96. The van der Waals surface area contributed by atoms with E-state index in [9.17, 15) is 9.18 Å². The molecular weight excluding hydrogens is 459 g/mol. The number of aryl methyl sites for hydroxylation is 1. The van der Waals surface area contributed by atoms with Gasteiger partial charge in [-0.2, -0.15) is 10.2 Å². The van der Waals surface area contributed by atoms with Crippen LogP contribution in [-0.4, -0.2) is 67.8 Å². The van der Waals surface area contributed by atoms with Crippen molar-refractivity contribution in [1.29, 1.82) is 0 Å². The first kappa shape index (κ1) is 24.9. The third-order valence-corrected chi connectivity index (χ3v) is 7.32. The fourth-order valence-electron chi connectivity index (χ4n) is 5.52. The predicted octanol–water partition coefficient (Wildman–Crippen LogP) is 4.47.